The summed E-state index contributed by atoms with van der Waals surface area (Å²) in [6, 6.07) is 9.21. The molecular weight excluding hydrogens is 332 g/mol. The Kier molecular flexibility index (Phi) is 4.43. The molecule has 26 heavy (non-hydrogen) atoms. The Morgan fingerprint density at radius 1 is 1.12 bits per heavy atom. The van der Waals surface area contributed by atoms with Crippen molar-refractivity contribution < 1.29 is 14.0 Å². The van der Waals surface area contributed by atoms with Gasteiger partial charge >= 0.3 is 0 Å². The lowest BCUT2D eigenvalue weighted by Gasteiger charge is -2.22. The van der Waals surface area contributed by atoms with Crippen molar-refractivity contribution in [2.24, 2.45) is 0 Å². The second kappa shape index (κ2) is 7.03. The number of nitrogens with zero attached hydrogens (tertiary/aromatic N) is 3. The SMILES string of the molecule is O=C(Cc1ccc2ncoc2c1)N1CCCN(C(=O)c2ccc[nH]2)CC1. The highest BCUT2D eigenvalue weighted by molar-refractivity contribution is 5.92. The van der Waals surface area contributed by atoms with Crippen molar-refractivity contribution in [1.29, 1.82) is 0 Å². The average molecular weight is 352 g/mol. The Hall–Kier alpha value is -3.09. The molecule has 1 aromatic carbocycles. The molecule has 0 radical (unpaired) electrons. The van der Waals surface area contributed by atoms with E-state index in [1.807, 2.05) is 29.2 Å². The fourth-order valence-electron chi connectivity index (χ4n) is 3.30. The molecule has 1 aliphatic heterocycles. The Bertz CT molecular complexity index is 916. The highest BCUT2D eigenvalue weighted by Crippen LogP contribution is 2.16. The van der Waals surface area contributed by atoms with Gasteiger partial charge in [0.05, 0.1) is 6.42 Å². The predicted octanol–water partition coefficient (Wildman–Crippen LogP) is 2.07. The molecule has 3 heterocycles. The normalized spacial score (nSPS) is 15.2. The van der Waals surface area contributed by atoms with Crippen LogP contribution >= 0.6 is 0 Å². The van der Waals surface area contributed by atoms with E-state index in [4.69, 9.17) is 4.42 Å². The summed E-state index contributed by atoms with van der Waals surface area (Å²) in [7, 11) is 0. The zero-order valence-electron chi connectivity index (χ0n) is 14.4. The van der Waals surface area contributed by atoms with Crippen LogP contribution in [0, 0.1) is 0 Å². The number of hydrogen-bond donors (Lipinski definition) is 1. The molecule has 0 spiro atoms. The molecule has 134 valence electrons. The van der Waals surface area contributed by atoms with Gasteiger partial charge in [-0.05, 0) is 36.2 Å². The third-order valence-electron chi connectivity index (χ3n) is 4.72. The van der Waals surface area contributed by atoms with Gasteiger partial charge in [-0.15, -0.1) is 0 Å². The molecule has 2 aromatic heterocycles. The molecule has 0 bridgehead atoms. The van der Waals surface area contributed by atoms with Crippen LogP contribution in [-0.2, 0) is 11.2 Å². The number of rotatable bonds is 3. The first-order valence-electron chi connectivity index (χ1n) is 8.73. The lowest BCUT2D eigenvalue weighted by molar-refractivity contribution is -0.130. The monoisotopic (exact) mass is 352 g/mol. The molecular formula is C19H20N4O3. The van der Waals surface area contributed by atoms with Crippen molar-refractivity contribution in [3.63, 3.8) is 0 Å². The Morgan fingerprint density at radius 2 is 1.96 bits per heavy atom. The second-order valence-electron chi connectivity index (χ2n) is 6.44. The van der Waals surface area contributed by atoms with Gasteiger partial charge in [-0.1, -0.05) is 6.07 Å². The van der Waals surface area contributed by atoms with Crippen LogP contribution in [0.15, 0.2) is 47.3 Å². The van der Waals surface area contributed by atoms with E-state index in [0.29, 0.717) is 43.9 Å². The van der Waals surface area contributed by atoms with Crippen molar-refractivity contribution in [2.45, 2.75) is 12.8 Å². The Balaban J connectivity index is 1.38. The highest BCUT2D eigenvalue weighted by Gasteiger charge is 2.23. The lowest BCUT2D eigenvalue weighted by atomic mass is 10.1. The quantitative estimate of drug-likeness (QED) is 0.782. The van der Waals surface area contributed by atoms with Gasteiger partial charge < -0.3 is 19.2 Å². The molecule has 7 heteroatoms. The minimum atomic E-state index is -0.0138. The van der Waals surface area contributed by atoms with Crippen LogP contribution < -0.4 is 0 Å². The van der Waals surface area contributed by atoms with Crippen molar-refractivity contribution in [1.82, 2.24) is 19.8 Å². The first kappa shape index (κ1) is 16.4. The number of benzene rings is 1. The number of carbonyl (C=O) groups excluding carboxylic acids is 2. The van der Waals surface area contributed by atoms with Gasteiger partial charge in [-0.3, -0.25) is 9.59 Å². The van der Waals surface area contributed by atoms with Crippen molar-refractivity contribution in [3.8, 4) is 0 Å². The van der Waals surface area contributed by atoms with E-state index in [1.54, 1.807) is 17.2 Å². The Labute approximate surface area is 150 Å². The number of oxazole rings is 1. The number of aromatic nitrogens is 2. The molecule has 1 saturated heterocycles. The van der Waals surface area contributed by atoms with Crippen LogP contribution in [-0.4, -0.2) is 57.8 Å². The molecule has 0 atom stereocenters. The summed E-state index contributed by atoms with van der Waals surface area (Å²) in [6.45, 7) is 2.42. The molecule has 2 amide bonds. The van der Waals surface area contributed by atoms with Crippen LogP contribution in [0.4, 0.5) is 0 Å². The van der Waals surface area contributed by atoms with Gasteiger partial charge in [-0.25, -0.2) is 4.98 Å². The van der Waals surface area contributed by atoms with Gasteiger partial charge in [-0.2, -0.15) is 0 Å². The van der Waals surface area contributed by atoms with E-state index in [0.717, 1.165) is 17.5 Å². The number of nitrogens with one attached hydrogen (secondary N) is 1. The van der Waals surface area contributed by atoms with Gasteiger partial charge in [0.2, 0.25) is 5.91 Å². The Morgan fingerprint density at radius 3 is 2.81 bits per heavy atom. The topological polar surface area (TPSA) is 82.4 Å². The van der Waals surface area contributed by atoms with E-state index < -0.39 is 0 Å². The number of hydrogen-bond acceptors (Lipinski definition) is 4. The maximum absolute atomic E-state index is 12.7. The summed E-state index contributed by atoms with van der Waals surface area (Å²) in [4.78, 5) is 35.8. The number of fused-ring (bicyclic) bond motifs is 1. The number of carbonyl (C=O) groups is 2. The molecule has 1 fully saturated rings. The molecule has 0 aliphatic carbocycles. The molecule has 4 rings (SSSR count). The van der Waals surface area contributed by atoms with E-state index in [9.17, 15) is 9.59 Å². The number of aromatic amines is 1. The molecule has 7 nitrogen and oxygen atoms in total. The standard InChI is InChI=1S/C19H20N4O3/c24-18(12-14-4-5-15-17(11-14)26-13-21-15)22-7-2-8-23(10-9-22)19(25)16-3-1-6-20-16/h1,3-6,11,13,20H,2,7-10,12H2. The zero-order valence-corrected chi connectivity index (χ0v) is 14.4. The summed E-state index contributed by atoms with van der Waals surface area (Å²) >= 11 is 0. The zero-order chi connectivity index (χ0) is 17.9. The summed E-state index contributed by atoms with van der Waals surface area (Å²) < 4.78 is 5.30. The molecule has 1 aliphatic rings. The highest BCUT2D eigenvalue weighted by atomic mass is 16.3. The minimum absolute atomic E-state index is 0.0138. The van der Waals surface area contributed by atoms with Crippen LogP contribution in [0.3, 0.4) is 0 Å². The molecule has 1 N–H and O–H groups in total. The van der Waals surface area contributed by atoms with Crippen LogP contribution in [0.1, 0.15) is 22.5 Å². The van der Waals surface area contributed by atoms with Crippen molar-refractivity contribution in [3.05, 3.63) is 54.2 Å². The molecule has 3 aromatic rings. The third kappa shape index (κ3) is 3.33. The summed E-state index contributed by atoms with van der Waals surface area (Å²) in [5.41, 5.74) is 2.97. The minimum Gasteiger partial charge on any atom is -0.443 e. The van der Waals surface area contributed by atoms with Crippen LogP contribution in [0.25, 0.3) is 11.1 Å². The van der Waals surface area contributed by atoms with E-state index >= 15 is 0 Å². The fourth-order valence-corrected chi connectivity index (χ4v) is 3.30. The number of amides is 2. The second-order valence-corrected chi connectivity index (χ2v) is 6.44. The van der Waals surface area contributed by atoms with Gasteiger partial charge in [0.15, 0.2) is 12.0 Å². The summed E-state index contributed by atoms with van der Waals surface area (Å²) in [5, 5.41) is 0. The smallest absolute Gasteiger partial charge is 0.270 e. The number of H-pyrrole nitrogens is 1. The largest absolute Gasteiger partial charge is 0.443 e. The van der Waals surface area contributed by atoms with Crippen molar-refractivity contribution >= 4 is 22.9 Å². The predicted molar refractivity (Wildman–Crippen MR) is 95.6 cm³/mol. The lowest BCUT2D eigenvalue weighted by Crippen LogP contribution is -2.38. The molecule has 0 saturated carbocycles. The van der Waals surface area contributed by atoms with Gasteiger partial charge in [0, 0.05) is 32.4 Å². The molecule has 0 unspecified atom stereocenters. The van der Waals surface area contributed by atoms with Gasteiger partial charge in [0.1, 0.15) is 11.2 Å². The van der Waals surface area contributed by atoms with Crippen LogP contribution in [0.5, 0.6) is 0 Å². The van der Waals surface area contributed by atoms with Crippen LogP contribution in [0.2, 0.25) is 0 Å². The van der Waals surface area contributed by atoms with Crippen molar-refractivity contribution in [2.75, 3.05) is 26.2 Å². The maximum Gasteiger partial charge on any atom is 0.270 e. The first-order valence-corrected chi connectivity index (χ1v) is 8.73. The van der Waals surface area contributed by atoms with E-state index in [1.165, 1.54) is 6.39 Å². The first-order chi connectivity index (χ1) is 12.7. The maximum atomic E-state index is 12.7. The summed E-state index contributed by atoms with van der Waals surface area (Å²) in [5.74, 6) is 0.0538. The average Bonchev–Trinajstić information content (AvgIpc) is 3.28. The van der Waals surface area contributed by atoms with Gasteiger partial charge in [0.25, 0.3) is 5.91 Å². The third-order valence-corrected chi connectivity index (χ3v) is 4.72. The fraction of sp³-hybridized carbons (Fsp3) is 0.316. The van der Waals surface area contributed by atoms with E-state index in [-0.39, 0.29) is 11.8 Å². The van der Waals surface area contributed by atoms with E-state index in [2.05, 4.69) is 9.97 Å². The summed E-state index contributed by atoms with van der Waals surface area (Å²) in [6.07, 6.45) is 4.24.